The van der Waals surface area contributed by atoms with Crippen LogP contribution < -0.4 is 0 Å². The molecule has 7 aromatic carbocycles. The Morgan fingerprint density at radius 1 is 0.356 bits per heavy atom. The summed E-state index contributed by atoms with van der Waals surface area (Å²) in [6.07, 6.45) is 0. The maximum atomic E-state index is 6.90. The molecule has 0 unspecified atom stereocenters. The van der Waals surface area contributed by atoms with Gasteiger partial charge >= 0.3 is 0 Å². The summed E-state index contributed by atoms with van der Waals surface area (Å²) in [4.78, 5) is 0. The zero-order chi connectivity index (χ0) is 29.5. The number of fused-ring (bicyclic) bond motifs is 12. The molecule has 0 aliphatic rings. The molecule has 0 amide bonds. The van der Waals surface area contributed by atoms with Gasteiger partial charge in [0.05, 0.1) is 27.5 Å². The molecule has 10 rings (SSSR count). The van der Waals surface area contributed by atoms with E-state index in [1.54, 1.807) is 0 Å². The first kappa shape index (κ1) is 24.4. The van der Waals surface area contributed by atoms with Crippen molar-refractivity contribution in [1.29, 1.82) is 0 Å². The van der Waals surface area contributed by atoms with Gasteiger partial charge in [-0.15, -0.1) is 0 Å². The molecule has 0 bridgehead atoms. The standard InChI is InChI=1S/C42H26N2O/c1-3-13-27(14-4-1)28-23-25-30(26-24-28)43-34-20-10-7-17-31(34)37-38-32-18-8-11-21-35(32)44(29-15-5-2-6-16-29)41(38)42-39(40(37)43)33-19-9-12-22-36(33)45-42/h1-26H. The van der Waals surface area contributed by atoms with Crippen molar-refractivity contribution in [3.63, 3.8) is 0 Å². The van der Waals surface area contributed by atoms with E-state index in [2.05, 4.69) is 167 Å². The highest BCUT2D eigenvalue weighted by molar-refractivity contribution is 6.39. The van der Waals surface area contributed by atoms with Crippen LogP contribution in [0.2, 0.25) is 0 Å². The van der Waals surface area contributed by atoms with E-state index in [0.717, 1.165) is 44.3 Å². The molecule has 3 aromatic heterocycles. The first-order valence-corrected chi connectivity index (χ1v) is 15.4. The smallest absolute Gasteiger partial charge is 0.162 e. The summed E-state index contributed by atoms with van der Waals surface area (Å²) in [5.74, 6) is 0. The number of nitrogens with zero attached hydrogens (tertiary/aromatic N) is 2. The third-order valence-electron chi connectivity index (χ3n) is 9.29. The lowest BCUT2D eigenvalue weighted by molar-refractivity contribution is 0.671. The Hall–Kier alpha value is -6.06. The van der Waals surface area contributed by atoms with Crippen LogP contribution in [0.15, 0.2) is 162 Å². The first-order chi connectivity index (χ1) is 22.4. The van der Waals surface area contributed by atoms with Crippen molar-refractivity contribution >= 4 is 65.6 Å². The van der Waals surface area contributed by atoms with Crippen LogP contribution in [0.5, 0.6) is 0 Å². The summed E-state index contributed by atoms with van der Waals surface area (Å²) in [5, 5.41) is 7.16. The summed E-state index contributed by atoms with van der Waals surface area (Å²) >= 11 is 0. The van der Waals surface area contributed by atoms with Crippen LogP contribution >= 0.6 is 0 Å². The van der Waals surface area contributed by atoms with E-state index in [1.807, 2.05) is 0 Å². The van der Waals surface area contributed by atoms with Crippen molar-refractivity contribution in [1.82, 2.24) is 9.13 Å². The lowest BCUT2D eigenvalue weighted by atomic mass is 10.0. The normalized spacial score (nSPS) is 12.0. The Labute approximate surface area is 258 Å². The molecule has 0 radical (unpaired) electrons. The van der Waals surface area contributed by atoms with Crippen LogP contribution in [-0.4, -0.2) is 9.13 Å². The molecule has 0 spiro atoms. The minimum Gasteiger partial charge on any atom is -0.454 e. The van der Waals surface area contributed by atoms with Gasteiger partial charge < -0.3 is 13.6 Å². The van der Waals surface area contributed by atoms with E-state index in [-0.39, 0.29) is 0 Å². The molecule has 0 fully saturated rings. The Bertz CT molecular complexity index is 2730. The predicted molar refractivity (Wildman–Crippen MR) is 188 cm³/mol. The highest BCUT2D eigenvalue weighted by Crippen LogP contribution is 2.49. The SMILES string of the molecule is c1ccc(-c2ccc(-n3c4ccccc4c4c5c6ccccc6n(-c6ccccc6)c5c5oc6ccccc6c5c43)cc2)cc1. The Morgan fingerprint density at radius 2 is 0.844 bits per heavy atom. The number of benzene rings is 7. The number of hydrogen-bond acceptors (Lipinski definition) is 1. The van der Waals surface area contributed by atoms with Gasteiger partial charge in [0.25, 0.3) is 0 Å². The third-order valence-corrected chi connectivity index (χ3v) is 9.29. The quantitative estimate of drug-likeness (QED) is 0.206. The molecular formula is C42H26N2O. The molecular weight excluding hydrogens is 548 g/mol. The van der Waals surface area contributed by atoms with Crippen molar-refractivity contribution < 1.29 is 4.42 Å². The molecule has 210 valence electrons. The van der Waals surface area contributed by atoms with Gasteiger partial charge in [0.2, 0.25) is 0 Å². The number of hydrogen-bond donors (Lipinski definition) is 0. The van der Waals surface area contributed by atoms with Crippen molar-refractivity contribution in [3.05, 3.63) is 158 Å². The minimum absolute atomic E-state index is 0.891. The second kappa shape index (κ2) is 9.22. The number of para-hydroxylation sites is 4. The summed E-state index contributed by atoms with van der Waals surface area (Å²) in [6, 6.07) is 56.2. The van der Waals surface area contributed by atoms with Crippen LogP contribution in [0.1, 0.15) is 0 Å². The molecule has 0 saturated heterocycles. The first-order valence-electron chi connectivity index (χ1n) is 15.4. The van der Waals surface area contributed by atoms with E-state index >= 15 is 0 Å². The van der Waals surface area contributed by atoms with Crippen LogP contribution in [0, 0.1) is 0 Å². The lowest BCUT2D eigenvalue weighted by Crippen LogP contribution is -1.96. The highest BCUT2D eigenvalue weighted by atomic mass is 16.3. The van der Waals surface area contributed by atoms with Gasteiger partial charge in [0.1, 0.15) is 5.58 Å². The summed E-state index contributed by atoms with van der Waals surface area (Å²) in [5.41, 5.74) is 11.1. The maximum Gasteiger partial charge on any atom is 0.162 e. The zero-order valence-corrected chi connectivity index (χ0v) is 24.3. The van der Waals surface area contributed by atoms with Crippen molar-refractivity contribution in [2.24, 2.45) is 0 Å². The molecule has 0 aliphatic carbocycles. The monoisotopic (exact) mass is 574 g/mol. The van der Waals surface area contributed by atoms with E-state index in [0.29, 0.717) is 0 Å². The zero-order valence-electron chi connectivity index (χ0n) is 24.3. The van der Waals surface area contributed by atoms with E-state index in [4.69, 9.17) is 4.42 Å². The number of aromatic nitrogens is 2. The molecule has 0 atom stereocenters. The average Bonchev–Trinajstić information content (AvgIpc) is 3.77. The average molecular weight is 575 g/mol. The lowest BCUT2D eigenvalue weighted by Gasteiger charge is -2.11. The fourth-order valence-electron chi connectivity index (χ4n) is 7.43. The van der Waals surface area contributed by atoms with Crippen LogP contribution in [0.4, 0.5) is 0 Å². The van der Waals surface area contributed by atoms with Gasteiger partial charge in [-0.3, -0.25) is 0 Å². The highest BCUT2D eigenvalue weighted by Gasteiger charge is 2.27. The number of rotatable bonds is 3. The second-order valence-electron chi connectivity index (χ2n) is 11.7. The second-order valence-corrected chi connectivity index (χ2v) is 11.7. The molecule has 3 heterocycles. The molecule has 0 saturated carbocycles. The molecule has 0 aliphatic heterocycles. The third kappa shape index (κ3) is 3.35. The van der Waals surface area contributed by atoms with E-state index < -0.39 is 0 Å². The molecule has 3 heteroatoms. The summed E-state index contributed by atoms with van der Waals surface area (Å²) in [6.45, 7) is 0. The fraction of sp³-hybridized carbons (Fsp3) is 0. The fourth-order valence-corrected chi connectivity index (χ4v) is 7.43. The van der Waals surface area contributed by atoms with Crippen molar-refractivity contribution in [2.75, 3.05) is 0 Å². The molecule has 45 heavy (non-hydrogen) atoms. The Balaban J connectivity index is 1.45. The minimum atomic E-state index is 0.891. The van der Waals surface area contributed by atoms with Gasteiger partial charge in [0.15, 0.2) is 5.58 Å². The van der Waals surface area contributed by atoms with E-state index in [9.17, 15) is 0 Å². The molecule has 10 aromatic rings. The maximum absolute atomic E-state index is 6.90. The Kier molecular flexibility index (Phi) is 5.00. The number of furan rings is 1. The van der Waals surface area contributed by atoms with Gasteiger partial charge in [0, 0.05) is 38.3 Å². The van der Waals surface area contributed by atoms with Gasteiger partial charge in [-0.2, -0.15) is 0 Å². The largest absolute Gasteiger partial charge is 0.454 e. The summed E-state index contributed by atoms with van der Waals surface area (Å²) < 4.78 is 11.7. The predicted octanol–water partition coefficient (Wildman–Crippen LogP) is 11.4. The van der Waals surface area contributed by atoms with Crippen LogP contribution in [0.25, 0.3) is 88.1 Å². The van der Waals surface area contributed by atoms with Gasteiger partial charge in [-0.1, -0.05) is 115 Å². The Morgan fingerprint density at radius 3 is 1.53 bits per heavy atom. The molecule has 0 N–H and O–H groups in total. The van der Waals surface area contributed by atoms with Gasteiger partial charge in [-0.05, 0) is 53.6 Å². The van der Waals surface area contributed by atoms with Crippen LogP contribution in [0.3, 0.4) is 0 Å². The van der Waals surface area contributed by atoms with Crippen LogP contribution in [-0.2, 0) is 0 Å². The summed E-state index contributed by atoms with van der Waals surface area (Å²) in [7, 11) is 0. The molecule has 3 nitrogen and oxygen atoms in total. The topological polar surface area (TPSA) is 23.0 Å². The van der Waals surface area contributed by atoms with Gasteiger partial charge in [-0.25, -0.2) is 0 Å². The van der Waals surface area contributed by atoms with E-state index in [1.165, 1.54) is 43.7 Å². The van der Waals surface area contributed by atoms with Crippen molar-refractivity contribution in [3.8, 4) is 22.5 Å². The van der Waals surface area contributed by atoms with Crippen molar-refractivity contribution in [2.45, 2.75) is 0 Å².